The van der Waals surface area contributed by atoms with Gasteiger partial charge in [-0.15, -0.1) is 0 Å². The summed E-state index contributed by atoms with van der Waals surface area (Å²) in [4.78, 5) is 11.7. The van der Waals surface area contributed by atoms with Gasteiger partial charge in [-0.05, 0) is 43.1 Å². The summed E-state index contributed by atoms with van der Waals surface area (Å²) in [5, 5.41) is 6.80. The van der Waals surface area contributed by atoms with Crippen LogP contribution in [-0.2, 0) is 17.8 Å². The smallest absolute Gasteiger partial charge is 0.234 e. The van der Waals surface area contributed by atoms with E-state index in [2.05, 4.69) is 10.6 Å². The summed E-state index contributed by atoms with van der Waals surface area (Å²) >= 11 is 5.84. The SMILES string of the molecule is Cc1ccc(CNC(=O)CNCCc2ccc(Cl)cc2)cc1. The molecule has 2 N–H and O–H groups in total. The highest BCUT2D eigenvalue weighted by atomic mass is 35.5. The molecule has 0 atom stereocenters. The maximum absolute atomic E-state index is 11.7. The highest BCUT2D eigenvalue weighted by Gasteiger charge is 2.01. The Hall–Kier alpha value is -1.84. The number of benzene rings is 2. The zero-order valence-corrected chi connectivity index (χ0v) is 13.5. The van der Waals surface area contributed by atoms with E-state index in [9.17, 15) is 4.79 Å². The first-order valence-corrected chi connectivity index (χ1v) is 7.79. The fourth-order valence-electron chi connectivity index (χ4n) is 2.05. The van der Waals surface area contributed by atoms with Gasteiger partial charge in [-0.25, -0.2) is 0 Å². The van der Waals surface area contributed by atoms with Crippen molar-refractivity contribution in [2.45, 2.75) is 19.9 Å². The minimum Gasteiger partial charge on any atom is -0.351 e. The van der Waals surface area contributed by atoms with Crippen molar-refractivity contribution in [2.75, 3.05) is 13.1 Å². The Labute approximate surface area is 136 Å². The summed E-state index contributed by atoms with van der Waals surface area (Å²) in [5.74, 6) is 0.0108. The van der Waals surface area contributed by atoms with Crippen LogP contribution in [-0.4, -0.2) is 19.0 Å². The normalized spacial score (nSPS) is 10.5. The van der Waals surface area contributed by atoms with Crippen LogP contribution in [0.2, 0.25) is 5.02 Å². The standard InChI is InChI=1S/C18H21ClN2O/c1-14-2-4-16(5-3-14)12-21-18(22)13-20-11-10-15-6-8-17(19)9-7-15/h2-9,20H,10-13H2,1H3,(H,21,22). The lowest BCUT2D eigenvalue weighted by atomic mass is 10.1. The van der Waals surface area contributed by atoms with Crippen molar-refractivity contribution in [3.8, 4) is 0 Å². The molecular weight excluding hydrogens is 296 g/mol. The van der Waals surface area contributed by atoms with Crippen molar-refractivity contribution in [3.05, 3.63) is 70.2 Å². The number of nitrogens with one attached hydrogen (secondary N) is 2. The summed E-state index contributed by atoms with van der Waals surface area (Å²) < 4.78 is 0. The minimum atomic E-state index is 0.0108. The van der Waals surface area contributed by atoms with Gasteiger partial charge in [-0.3, -0.25) is 4.79 Å². The van der Waals surface area contributed by atoms with E-state index in [1.165, 1.54) is 11.1 Å². The van der Waals surface area contributed by atoms with E-state index in [1.54, 1.807) is 0 Å². The maximum atomic E-state index is 11.7. The molecule has 0 heterocycles. The molecule has 1 amide bonds. The Morgan fingerprint density at radius 1 is 1.00 bits per heavy atom. The molecule has 0 aromatic heterocycles. The monoisotopic (exact) mass is 316 g/mol. The molecule has 0 fully saturated rings. The van der Waals surface area contributed by atoms with Gasteiger partial charge < -0.3 is 10.6 Å². The molecule has 0 aliphatic heterocycles. The molecule has 22 heavy (non-hydrogen) atoms. The molecule has 3 nitrogen and oxygen atoms in total. The molecule has 0 saturated carbocycles. The number of halogens is 1. The van der Waals surface area contributed by atoms with Crippen LogP contribution in [0.25, 0.3) is 0 Å². The van der Waals surface area contributed by atoms with Crippen molar-refractivity contribution >= 4 is 17.5 Å². The predicted molar refractivity (Wildman–Crippen MR) is 91.1 cm³/mol. The number of hydrogen-bond acceptors (Lipinski definition) is 2. The van der Waals surface area contributed by atoms with Crippen LogP contribution < -0.4 is 10.6 Å². The Morgan fingerprint density at radius 3 is 2.32 bits per heavy atom. The lowest BCUT2D eigenvalue weighted by Crippen LogP contribution is -2.34. The van der Waals surface area contributed by atoms with E-state index in [4.69, 9.17) is 11.6 Å². The van der Waals surface area contributed by atoms with Crippen molar-refractivity contribution in [3.63, 3.8) is 0 Å². The van der Waals surface area contributed by atoms with Crippen LogP contribution in [0, 0.1) is 6.92 Å². The molecule has 4 heteroatoms. The summed E-state index contributed by atoms with van der Waals surface area (Å²) in [6.07, 6.45) is 0.877. The van der Waals surface area contributed by atoms with Gasteiger partial charge >= 0.3 is 0 Å². The second-order valence-electron chi connectivity index (χ2n) is 5.32. The fourth-order valence-corrected chi connectivity index (χ4v) is 2.18. The number of rotatable bonds is 7. The average Bonchev–Trinajstić information content (AvgIpc) is 2.53. The largest absolute Gasteiger partial charge is 0.351 e. The first kappa shape index (κ1) is 16.5. The van der Waals surface area contributed by atoms with Gasteiger partial charge in [0.15, 0.2) is 0 Å². The summed E-state index contributed by atoms with van der Waals surface area (Å²) in [6, 6.07) is 15.9. The lowest BCUT2D eigenvalue weighted by molar-refractivity contribution is -0.120. The van der Waals surface area contributed by atoms with E-state index >= 15 is 0 Å². The highest BCUT2D eigenvalue weighted by Crippen LogP contribution is 2.09. The summed E-state index contributed by atoms with van der Waals surface area (Å²) in [7, 11) is 0. The molecule has 2 aromatic carbocycles. The van der Waals surface area contributed by atoms with Crippen LogP contribution >= 0.6 is 11.6 Å². The van der Waals surface area contributed by atoms with Crippen molar-refractivity contribution < 1.29 is 4.79 Å². The lowest BCUT2D eigenvalue weighted by Gasteiger charge is -2.07. The second kappa shape index (κ2) is 8.57. The third-order valence-electron chi connectivity index (χ3n) is 3.40. The van der Waals surface area contributed by atoms with E-state index in [-0.39, 0.29) is 5.91 Å². The number of carbonyl (C=O) groups excluding carboxylic acids is 1. The molecule has 0 aliphatic carbocycles. The molecular formula is C18H21ClN2O. The Bertz CT molecular complexity index is 593. The van der Waals surface area contributed by atoms with Crippen LogP contribution in [0.3, 0.4) is 0 Å². The first-order valence-electron chi connectivity index (χ1n) is 7.41. The van der Waals surface area contributed by atoms with Crippen molar-refractivity contribution in [1.82, 2.24) is 10.6 Å². The molecule has 0 saturated heterocycles. The Kier molecular flexibility index (Phi) is 6.44. The summed E-state index contributed by atoms with van der Waals surface area (Å²) in [6.45, 7) is 3.71. The van der Waals surface area contributed by atoms with Gasteiger partial charge in [0.25, 0.3) is 0 Å². The van der Waals surface area contributed by atoms with Crippen LogP contribution in [0.5, 0.6) is 0 Å². The van der Waals surface area contributed by atoms with Crippen LogP contribution in [0.15, 0.2) is 48.5 Å². The third-order valence-corrected chi connectivity index (χ3v) is 3.65. The molecule has 0 spiro atoms. The molecule has 0 radical (unpaired) electrons. The van der Waals surface area contributed by atoms with Gasteiger partial charge in [-0.2, -0.15) is 0 Å². The molecule has 0 aliphatic rings. The van der Waals surface area contributed by atoms with E-state index in [1.807, 2.05) is 55.5 Å². The average molecular weight is 317 g/mol. The topological polar surface area (TPSA) is 41.1 Å². The molecule has 0 bridgehead atoms. The second-order valence-corrected chi connectivity index (χ2v) is 5.75. The zero-order chi connectivity index (χ0) is 15.8. The van der Waals surface area contributed by atoms with Gasteiger partial charge in [0.05, 0.1) is 6.54 Å². The third kappa shape index (κ3) is 5.88. The molecule has 0 unspecified atom stereocenters. The first-order chi connectivity index (χ1) is 10.6. The predicted octanol–water partition coefficient (Wildman–Crippen LogP) is 3.10. The Morgan fingerprint density at radius 2 is 1.64 bits per heavy atom. The van der Waals surface area contributed by atoms with Gasteiger partial charge in [0.1, 0.15) is 0 Å². The molecule has 2 rings (SSSR count). The molecule has 116 valence electrons. The van der Waals surface area contributed by atoms with Gasteiger partial charge in [-0.1, -0.05) is 53.6 Å². The number of amides is 1. The molecule has 2 aromatic rings. The van der Waals surface area contributed by atoms with Gasteiger partial charge in [0, 0.05) is 11.6 Å². The number of aryl methyl sites for hydroxylation is 1. The van der Waals surface area contributed by atoms with E-state index in [0.717, 1.165) is 23.6 Å². The van der Waals surface area contributed by atoms with Crippen LogP contribution in [0.4, 0.5) is 0 Å². The quantitative estimate of drug-likeness (QED) is 0.771. The van der Waals surface area contributed by atoms with Crippen LogP contribution in [0.1, 0.15) is 16.7 Å². The fraction of sp³-hybridized carbons (Fsp3) is 0.278. The summed E-state index contributed by atoms with van der Waals surface area (Å²) in [5.41, 5.74) is 3.54. The van der Waals surface area contributed by atoms with Gasteiger partial charge in [0.2, 0.25) is 5.91 Å². The number of carbonyl (C=O) groups is 1. The highest BCUT2D eigenvalue weighted by molar-refractivity contribution is 6.30. The van der Waals surface area contributed by atoms with Crippen molar-refractivity contribution in [1.29, 1.82) is 0 Å². The van der Waals surface area contributed by atoms with E-state index in [0.29, 0.717) is 13.1 Å². The minimum absolute atomic E-state index is 0.0108. The number of hydrogen-bond donors (Lipinski definition) is 2. The zero-order valence-electron chi connectivity index (χ0n) is 12.7. The Balaban J connectivity index is 1.61. The van der Waals surface area contributed by atoms with Crippen molar-refractivity contribution in [2.24, 2.45) is 0 Å². The maximum Gasteiger partial charge on any atom is 0.234 e. The van der Waals surface area contributed by atoms with E-state index < -0.39 is 0 Å².